The van der Waals surface area contributed by atoms with Gasteiger partial charge in [0.15, 0.2) is 5.82 Å². The zero-order valence-electron chi connectivity index (χ0n) is 17.3. The van der Waals surface area contributed by atoms with Crippen LogP contribution in [0.5, 0.6) is 0 Å². The van der Waals surface area contributed by atoms with Crippen LogP contribution in [0.15, 0.2) is 45.8 Å². The van der Waals surface area contributed by atoms with E-state index in [1.807, 2.05) is 44.2 Å². The van der Waals surface area contributed by atoms with Crippen LogP contribution in [0.3, 0.4) is 0 Å². The van der Waals surface area contributed by atoms with Crippen molar-refractivity contribution >= 4 is 17.3 Å². The molecule has 1 aliphatic rings. The summed E-state index contributed by atoms with van der Waals surface area (Å²) in [4.78, 5) is 21.7. The van der Waals surface area contributed by atoms with Gasteiger partial charge >= 0.3 is 0 Å². The Hall–Kier alpha value is -2.71. The topological polar surface area (TPSA) is 80.3 Å². The molecule has 1 saturated heterocycles. The van der Waals surface area contributed by atoms with Gasteiger partial charge in [0, 0.05) is 32.1 Å². The number of hydrogen-bond donors (Lipinski definition) is 0. The van der Waals surface area contributed by atoms with E-state index in [-0.39, 0.29) is 22.5 Å². The van der Waals surface area contributed by atoms with E-state index in [0.29, 0.717) is 17.3 Å². The molecule has 158 valence electrons. The minimum atomic E-state index is -0.316. The van der Waals surface area contributed by atoms with Crippen LogP contribution in [0.25, 0.3) is 5.69 Å². The maximum absolute atomic E-state index is 12.8. The molecule has 3 heterocycles. The smallest absolute Gasteiger partial charge is 0.292 e. The maximum Gasteiger partial charge on any atom is 0.292 e. The number of rotatable bonds is 5. The van der Waals surface area contributed by atoms with Gasteiger partial charge in [-0.2, -0.15) is 14.8 Å². The van der Waals surface area contributed by atoms with Gasteiger partial charge in [-0.15, -0.1) is 0 Å². The second-order valence-electron chi connectivity index (χ2n) is 7.74. The molecule has 0 radical (unpaired) electrons. The molecular formula is C21H25ClN6O2. The average molecular weight is 429 g/mol. The molecule has 0 bridgehead atoms. The number of benzene rings is 1. The third kappa shape index (κ3) is 3.97. The van der Waals surface area contributed by atoms with Gasteiger partial charge in [-0.25, -0.2) is 0 Å². The highest BCUT2D eigenvalue weighted by Crippen LogP contribution is 2.26. The zero-order valence-corrected chi connectivity index (χ0v) is 18.1. The minimum Gasteiger partial charge on any atom is -0.366 e. The summed E-state index contributed by atoms with van der Waals surface area (Å²) in [6, 6.07) is 9.30. The molecule has 3 aromatic rings. The van der Waals surface area contributed by atoms with Crippen LogP contribution in [0.2, 0.25) is 5.02 Å². The number of halogens is 1. The fourth-order valence-corrected chi connectivity index (χ4v) is 3.80. The van der Waals surface area contributed by atoms with E-state index in [9.17, 15) is 4.79 Å². The van der Waals surface area contributed by atoms with Crippen LogP contribution < -0.4 is 10.5 Å². The third-order valence-corrected chi connectivity index (χ3v) is 5.79. The number of anilines is 1. The van der Waals surface area contributed by atoms with Crippen LogP contribution in [0, 0.1) is 0 Å². The Kier molecular flexibility index (Phi) is 5.87. The van der Waals surface area contributed by atoms with Crippen molar-refractivity contribution in [1.29, 1.82) is 0 Å². The predicted octanol–water partition coefficient (Wildman–Crippen LogP) is 3.28. The second-order valence-corrected chi connectivity index (χ2v) is 8.12. The minimum absolute atomic E-state index is 0.0341. The van der Waals surface area contributed by atoms with E-state index in [2.05, 4.69) is 32.0 Å². The average Bonchev–Trinajstić information content (AvgIpc) is 3.27. The van der Waals surface area contributed by atoms with Crippen molar-refractivity contribution in [2.75, 3.05) is 31.1 Å². The number of para-hydroxylation sites is 1. The number of aromatic nitrogens is 4. The zero-order chi connectivity index (χ0) is 21.3. The summed E-state index contributed by atoms with van der Waals surface area (Å²) >= 11 is 6.45. The van der Waals surface area contributed by atoms with E-state index >= 15 is 0 Å². The van der Waals surface area contributed by atoms with Crippen molar-refractivity contribution in [3.8, 4) is 5.69 Å². The highest BCUT2D eigenvalue weighted by Gasteiger charge is 2.27. The number of piperazine rings is 1. The van der Waals surface area contributed by atoms with Crippen LogP contribution in [-0.2, 0) is 0 Å². The first-order valence-corrected chi connectivity index (χ1v) is 10.5. The van der Waals surface area contributed by atoms with Gasteiger partial charge < -0.3 is 9.42 Å². The first-order valence-electron chi connectivity index (χ1n) is 10.1. The third-order valence-electron chi connectivity index (χ3n) is 5.44. The molecule has 0 spiro atoms. The molecule has 1 fully saturated rings. The molecule has 1 aromatic carbocycles. The molecule has 4 rings (SSSR count). The largest absolute Gasteiger partial charge is 0.366 e. The summed E-state index contributed by atoms with van der Waals surface area (Å²) in [6.45, 7) is 9.19. The van der Waals surface area contributed by atoms with Crippen molar-refractivity contribution in [2.24, 2.45) is 0 Å². The van der Waals surface area contributed by atoms with Gasteiger partial charge in [0.2, 0.25) is 5.89 Å². The number of nitrogens with zero attached hydrogens (tertiary/aromatic N) is 6. The standard InChI is InChI=1S/C21H25ClN6O2/c1-14(2)19-24-20(30-25-19)15(3)26-9-11-27(12-10-26)17-13-23-28(21(29)18(17)22)16-7-5-4-6-8-16/h4-8,13-15H,9-12H2,1-3H3. The van der Waals surface area contributed by atoms with E-state index in [1.54, 1.807) is 6.20 Å². The van der Waals surface area contributed by atoms with Gasteiger partial charge in [0.25, 0.3) is 5.56 Å². The lowest BCUT2D eigenvalue weighted by Crippen LogP contribution is -2.47. The van der Waals surface area contributed by atoms with Crippen molar-refractivity contribution in [1.82, 2.24) is 24.8 Å². The van der Waals surface area contributed by atoms with Gasteiger partial charge in [-0.05, 0) is 19.1 Å². The molecule has 0 amide bonds. The highest BCUT2D eigenvalue weighted by atomic mass is 35.5. The van der Waals surface area contributed by atoms with Gasteiger partial charge in [0.1, 0.15) is 5.02 Å². The van der Waals surface area contributed by atoms with Crippen LogP contribution >= 0.6 is 11.6 Å². The fraction of sp³-hybridized carbons (Fsp3) is 0.429. The van der Waals surface area contributed by atoms with Crippen LogP contribution in [0.4, 0.5) is 5.69 Å². The molecule has 0 aliphatic carbocycles. The molecular weight excluding hydrogens is 404 g/mol. The van der Waals surface area contributed by atoms with Gasteiger partial charge in [-0.3, -0.25) is 9.69 Å². The Labute approximate surface area is 180 Å². The summed E-state index contributed by atoms with van der Waals surface area (Å²) in [5.41, 5.74) is 1.04. The lowest BCUT2D eigenvalue weighted by atomic mass is 10.2. The van der Waals surface area contributed by atoms with Crippen molar-refractivity contribution in [3.63, 3.8) is 0 Å². The Morgan fingerprint density at radius 3 is 2.40 bits per heavy atom. The van der Waals surface area contributed by atoms with E-state index in [4.69, 9.17) is 16.1 Å². The maximum atomic E-state index is 12.8. The van der Waals surface area contributed by atoms with E-state index < -0.39 is 0 Å². The van der Waals surface area contributed by atoms with Gasteiger partial charge in [0.05, 0.1) is 23.6 Å². The highest BCUT2D eigenvalue weighted by molar-refractivity contribution is 6.33. The Balaban J connectivity index is 1.46. The summed E-state index contributed by atoms with van der Waals surface area (Å²) < 4.78 is 6.78. The van der Waals surface area contributed by atoms with E-state index in [1.165, 1.54) is 4.68 Å². The lowest BCUT2D eigenvalue weighted by molar-refractivity contribution is 0.164. The van der Waals surface area contributed by atoms with Crippen molar-refractivity contribution in [3.05, 3.63) is 63.6 Å². The molecule has 1 unspecified atom stereocenters. The predicted molar refractivity (Wildman–Crippen MR) is 115 cm³/mol. The summed E-state index contributed by atoms with van der Waals surface area (Å²) in [5, 5.41) is 8.59. The SMILES string of the molecule is CC(C)c1noc(C(C)N2CCN(c3cnn(-c4ccccc4)c(=O)c3Cl)CC2)n1. The first kappa shape index (κ1) is 20.6. The first-order chi connectivity index (χ1) is 14.5. The van der Waals surface area contributed by atoms with Crippen LogP contribution in [0.1, 0.15) is 44.4 Å². The molecule has 0 N–H and O–H groups in total. The molecule has 1 aliphatic heterocycles. The van der Waals surface area contributed by atoms with Crippen molar-refractivity contribution in [2.45, 2.75) is 32.7 Å². The molecule has 1 atom stereocenters. The number of hydrogen-bond acceptors (Lipinski definition) is 7. The Morgan fingerprint density at radius 2 is 1.77 bits per heavy atom. The van der Waals surface area contributed by atoms with Crippen molar-refractivity contribution < 1.29 is 4.52 Å². The summed E-state index contributed by atoms with van der Waals surface area (Å²) in [5.74, 6) is 1.60. The quantitative estimate of drug-likeness (QED) is 0.616. The second kappa shape index (κ2) is 8.57. The van der Waals surface area contributed by atoms with Crippen LogP contribution in [-0.4, -0.2) is 51.0 Å². The molecule has 8 nitrogen and oxygen atoms in total. The Bertz CT molecular complexity index is 1060. The van der Waals surface area contributed by atoms with Gasteiger partial charge in [-0.1, -0.05) is 48.8 Å². The van der Waals surface area contributed by atoms with E-state index in [0.717, 1.165) is 32.0 Å². The summed E-state index contributed by atoms with van der Waals surface area (Å²) in [7, 11) is 0. The molecule has 9 heteroatoms. The molecule has 0 saturated carbocycles. The fourth-order valence-electron chi connectivity index (χ4n) is 3.56. The molecule has 30 heavy (non-hydrogen) atoms. The lowest BCUT2D eigenvalue weighted by Gasteiger charge is -2.38. The monoisotopic (exact) mass is 428 g/mol. The Morgan fingerprint density at radius 1 is 1.07 bits per heavy atom. The summed E-state index contributed by atoms with van der Waals surface area (Å²) in [6.07, 6.45) is 1.67. The normalized spacial score (nSPS) is 16.2. The molecule has 2 aromatic heterocycles.